The average Bonchev–Trinajstić information content (AvgIpc) is 2.83. The minimum atomic E-state index is -2.30. The molecule has 34 heavy (non-hydrogen) atoms. The van der Waals surface area contributed by atoms with Crippen LogP contribution in [-0.2, 0) is 28.9 Å². The van der Waals surface area contributed by atoms with E-state index in [2.05, 4.69) is 4.98 Å². The Bertz CT molecular complexity index is 1180. The second-order valence-electron chi connectivity index (χ2n) is 8.05. The molecule has 8 nitrogen and oxygen atoms in total. The Balaban J connectivity index is 1.64. The van der Waals surface area contributed by atoms with E-state index < -0.39 is 23.8 Å². The number of hydrogen-bond donors (Lipinski definition) is 3. The molecular formula is C25H26N2O6S. The first-order valence-corrected chi connectivity index (χ1v) is 12.1. The van der Waals surface area contributed by atoms with Crippen molar-refractivity contribution in [3.8, 4) is 17.0 Å². The molecule has 3 aromatic rings. The number of carboxylic acids is 1. The Hall–Kier alpha value is -3.27. The number of aliphatic carboxylic acids is 1. The molecule has 178 valence electrons. The summed E-state index contributed by atoms with van der Waals surface area (Å²) in [6, 6.07) is 16.3. The number of anilines is 1. The van der Waals surface area contributed by atoms with Crippen LogP contribution in [0.15, 0.2) is 60.8 Å². The Labute approximate surface area is 200 Å². The minimum absolute atomic E-state index is 0.0685. The quantitative estimate of drug-likeness (QED) is 0.397. The van der Waals surface area contributed by atoms with Crippen LogP contribution in [0.5, 0.6) is 5.75 Å². The molecule has 0 saturated heterocycles. The lowest BCUT2D eigenvalue weighted by Gasteiger charge is -2.34. The van der Waals surface area contributed by atoms with Gasteiger partial charge in [0.1, 0.15) is 5.75 Å². The minimum Gasteiger partial charge on any atom is -0.482 e. The van der Waals surface area contributed by atoms with E-state index in [9.17, 15) is 18.7 Å². The van der Waals surface area contributed by atoms with Crippen molar-refractivity contribution < 1.29 is 28.5 Å². The smallest absolute Gasteiger partial charge is 0.341 e. The number of fused-ring (bicyclic) bond motifs is 1. The molecule has 1 aliphatic carbocycles. The van der Waals surface area contributed by atoms with E-state index in [1.165, 1.54) is 4.31 Å². The summed E-state index contributed by atoms with van der Waals surface area (Å²) < 4.78 is 29.6. The zero-order chi connectivity index (χ0) is 24.1. The van der Waals surface area contributed by atoms with Gasteiger partial charge in [-0.05, 0) is 66.6 Å². The van der Waals surface area contributed by atoms with Crippen molar-refractivity contribution in [2.24, 2.45) is 0 Å². The first-order valence-electron chi connectivity index (χ1n) is 11.0. The molecule has 3 N–H and O–H groups in total. The lowest BCUT2D eigenvalue weighted by molar-refractivity contribution is -0.139. The van der Waals surface area contributed by atoms with Crippen LogP contribution in [0.3, 0.4) is 0 Å². The molecule has 0 amide bonds. The van der Waals surface area contributed by atoms with Gasteiger partial charge in [-0.2, -0.15) is 0 Å². The van der Waals surface area contributed by atoms with Crippen LogP contribution >= 0.6 is 0 Å². The molecule has 1 aliphatic rings. The first kappa shape index (κ1) is 23.9. The molecule has 4 rings (SSSR count). The third-order valence-electron chi connectivity index (χ3n) is 5.86. The maximum Gasteiger partial charge on any atom is 0.341 e. The summed E-state index contributed by atoms with van der Waals surface area (Å²) in [7, 11) is 0. The molecule has 1 aromatic heterocycles. The van der Waals surface area contributed by atoms with Crippen LogP contribution in [0.1, 0.15) is 35.6 Å². The number of pyridine rings is 1. The summed E-state index contributed by atoms with van der Waals surface area (Å²) in [5.74, 6) is -0.569. The van der Waals surface area contributed by atoms with Crippen molar-refractivity contribution in [1.29, 1.82) is 0 Å². The van der Waals surface area contributed by atoms with Gasteiger partial charge in [-0.15, -0.1) is 0 Å². The number of aliphatic hydroxyl groups is 1. The van der Waals surface area contributed by atoms with Crippen LogP contribution < -0.4 is 9.04 Å². The van der Waals surface area contributed by atoms with Gasteiger partial charge in [0.15, 0.2) is 6.61 Å². The second kappa shape index (κ2) is 10.8. The van der Waals surface area contributed by atoms with Crippen molar-refractivity contribution in [3.63, 3.8) is 0 Å². The van der Waals surface area contributed by atoms with Crippen molar-refractivity contribution in [2.45, 2.75) is 31.7 Å². The molecule has 1 heterocycles. The molecule has 2 atom stereocenters. The highest BCUT2D eigenvalue weighted by atomic mass is 32.2. The van der Waals surface area contributed by atoms with E-state index in [1.54, 1.807) is 24.4 Å². The Kier molecular flexibility index (Phi) is 7.56. The van der Waals surface area contributed by atoms with Gasteiger partial charge in [0, 0.05) is 12.2 Å². The maximum atomic E-state index is 12.5. The maximum absolute atomic E-state index is 12.5. The Morgan fingerprint density at radius 1 is 1.18 bits per heavy atom. The van der Waals surface area contributed by atoms with Gasteiger partial charge in [0.05, 0.1) is 23.6 Å². The van der Waals surface area contributed by atoms with Crippen LogP contribution in [0.2, 0.25) is 0 Å². The molecule has 0 spiro atoms. The highest BCUT2D eigenvalue weighted by molar-refractivity contribution is 7.80. The third-order valence-corrected chi connectivity index (χ3v) is 6.66. The topological polar surface area (TPSA) is 120 Å². The van der Waals surface area contributed by atoms with Crippen LogP contribution in [0, 0.1) is 0 Å². The fraction of sp³-hybridized carbons (Fsp3) is 0.280. The lowest BCUT2D eigenvalue weighted by atomic mass is 9.87. The standard InChI is InChI=1S/C25H26N2O6S/c28-13-12-17-4-1-5-18(14-17)22-11-10-19(15-26-22)27(34(31)32)23-8-2-7-21-20(23)6-3-9-24(21)33-16-25(29)30/h1,3-6,9-11,14-15,23,28H,2,7-8,12-13,16H2,(H,29,30)(H,31,32). The van der Waals surface area contributed by atoms with Gasteiger partial charge in [-0.1, -0.05) is 30.3 Å². The molecule has 0 radical (unpaired) electrons. The number of nitrogens with zero attached hydrogens (tertiary/aromatic N) is 2. The van der Waals surface area contributed by atoms with Gasteiger partial charge in [-0.3, -0.25) is 13.8 Å². The predicted molar refractivity (Wildman–Crippen MR) is 129 cm³/mol. The number of benzene rings is 2. The van der Waals surface area contributed by atoms with E-state index in [-0.39, 0.29) is 12.6 Å². The van der Waals surface area contributed by atoms with Crippen molar-refractivity contribution >= 4 is 22.9 Å². The summed E-state index contributed by atoms with van der Waals surface area (Å²) in [4.78, 5) is 15.5. The summed E-state index contributed by atoms with van der Waals surface area (Å²) >= 11 is -2.30. The lowest BCUT2D eigenvalue weighted by Crippen LogP contribution is -2.33. The Morgan fingerprint density at radius 2 is 2.00 bits per heavy atom. The molecule has 0 fully saturated rings. The Morgan fingerprint density at radius 3 is 2.71 bits per heavy atom. The van der Waals surface area contributed by atoms with Gasteiger partial charge < -0.3 is 14.9 Å². The van der Waals surface area contributed by atoms with Crippen LogP contribution in [0.4, 0.5) is 5.69 Å². The summed E-state index contributed by atoms with van der Waals surface area (Å²) in [6.45, 7) is -0.374. The van der Waals surface area contributed by atoms with Gasteiger partial charge in [0.25, 0.3) is 11.3 Å². The highest BCUT2D eigenvalue weighted by Gasteiger charge is 2.31. The number of aliphatic hydroxyl groups excluding tert-OH is 1. The number of carboxylic acid groups (broad SMARTS) is 1. The van der Waals surface area contributed by atoms with Crippen molar-refractivity contribution in [3.05, 3.63) is 77.5 Å². The molecule has 9 heteroatoms. The van der Waals surface area contributed by atoms with E-state index in [1.807, 2.05) is 36.4 Å². The van der Waals surface area contributed by atoms with Gasteiger partial charge in [-0.25, -0.2) is 9.00 Å². The summed E-state index contributed by atoms with van der Waals surface area (Å²) in [6.07, 6.45) is 4.27. The van der Waals surface area contributed by atoms with Gasteiger partial charge in [0.2, 0.25) is 0 Å². The average molecular weight is 483 g/mol. The number of carbonyl (C=O) groups is 1. The first-order chi connectivity index (χ1) is 16.5. The zero-order valence-corrected chi connectivity index (χ0v) is 19.3. The number of ether oxygens (including phenoxy) is 1. The number of rotatable bonds is 9. The third kappa shape index (κ3) is 5.27. The summed E-state index contributed by atoms with van der Waals surface area (Å²) in [5, 5.41) is 18.2. The highest BCUT2D eigenvalue weighted by Crippen LogP contribution is 2.41. The SMILES string of the molecule is O=C(O)COc1cccc2c1CCCC2N(c1ccc(-c2cccc(CCO)c2)nc1)S(=O)O. The summed E-state index contributed by atoms with van der Waals surface area (Å²) in [5.41, 5.74) is 4.84. The fourth-order valence-corrected chi connectivity index (χ4v) is 5.11. The number of aromatic nitrogens is 1. The molecule has 0 bridgehead atoms. The second-order valence-corrected chi connectivity index (χ2v) is 8.90. The zero-order valence-electron chi connectivity index (χ0n) is 18.5. The van der Waals surface area contributed by atoms with E-state index >= 15 is 0 Å². The number of hydrogen-bond acceptors (Lipinski definition) is 5. The van der Waals surface area contributed by atoms with Crippen LogP contribution in [0.25, 0.3) is 11.3 Å². The predicted octanol–water partition coefficient (Wildman–Crippen LogP) is 3.77. The molecule has 0 aliphatic heterocycles. The molecule has 0 saturated carbocycles. The van der Waals surface area contributed by atoms with Crippen molar-refractivity contribution in [2.75, 3.05) is 17.5 Å². The largest absolute Gasteiger partial charge is 0.482 e. The molecule has 2 aromatic carbocycles. The monoisotopic (exact) mass is 482 g/mol. The van der Waals surface area contributed by atoms with Gasteiger partial charge >= 0.3 is 5.97 Å². The van der Waals surface area contributed by atoms with Crippen LogP contribution in [-0.4, -0.2) is 43.1 Å². The van der Waals surface area contributed by atoms with E-state index in [0.29, 0.717) is 30.7 Å². The fourth-order valence-electron chi connectivity index (χ4n) is 4.39. The van der Waals surface area contributed by atoms with Crippen molar-refractivity contribution in [1.82, 2.24) is 4.98 Å². The normalized spacial score (nSPS) is 15.9. The van der Waals surface area contributed by atoms with E-state index in [0.717, 1.165) is 34.4 Å². The molecule has 2 unspecified atom stereocenters. The molecular weight excluding hydrogens is 456 g/mol. The van der Waals surface area contributed by atoms with E-state index in [4.69, 9.17) is 9.84 Å².